The zero-order valence-electron chi connectivity index (χ0n) is 9.32. The van der Waals surface area contributed by atoms with Crippen LogP contribution in [0.25, 0.3) is 0 Å². The fourth-order valence-electron chi connectivity index (χ4n) is 1.19. The lowest BCUT2D eigenvalue weighted by Crippen LogP contribution is -2.08. The minimum Gasteiger partial charge on any atom is -0.337 e. The summed E-state index contributed by atoms with van der Waals surface area (Å²) in [5.74, 6) is 0. The zero-order chi connectivity index (χ0) is 13.2. The highest BCUT2D eigenvalue weighted by molar-refractivity contribution is 7.99. The molecule has 0 bridgehead atoms. The highest BCUT2D eigenvalue weighted by atomic mass is 32.2. The van der Waals surface area contributed by atoms with Crippen LogP contribution in [0.3, 0.4) is 0 Å². The van der Waals surface area contributed by atoms with Crippen molar-refractivity contribution in [3.63, 3.8) is 0 Å². The normalized spacial score (nSPS) is 11.8. The summed E-state index contributed by atoms with van der Waals surface area (Å²) in [4.78, 5) is 7.09. The van der Waals surface area contributed by atoms with Crippen LogP contribution in [0, 0.1) is 0 Å². The van der Waals surface area contributed by atoms with Crippen molar-refractivity contribution in [1.29, 1.82) is 0 Å². The maximum atomic E-state index is 12.3. The quantitative estimate of drug-likeness (QED) is 0.935. The second-order valence-corrected chi connectivity index (χ2v) is 4.43. The first-order valence-electron chi connectivity index (χ1n) is 5.11. The maximum absolute atomic E-state index is 12.3. The van der Waals surface area contributed by atoms with Gasteiger partial charge in [0.25, 0.3) is 0 Å². The van der Waals surface area contributed by atoms with E-state index in [1.807, 2.05) is 6.92 Å². The number of imidazole rings is 1. The first kappa shape index (κ1) is 12.9. The topological polar surface area (TPSA) is 54.5 Å². The van der Waals surface area contributed by atoms with E-state index >= 15 is 0 Å². The Hall–Kier alpha value is -1.57. The fraction of sp³-hybridized carbons (Fsp3) is 0.300. The number of halogens is 3. The Morgan fingerprint density at radius 1 is 1.28 bits per heavy atom. The predicted octanol–water partition coefficient (Wildman–Crippen LogP) is 2.93. The number of hydrogen-bond acceptors (Lipinski definition) is 4. The minimum absolute atomic E-state index is 0.361. The van der Waals surface area contributed by atoms with E-state index in [2.05, 4.69) is 20.2 Å². The van der Waals surface area contributed by atoms with Crippen molar-refractivity contribution in [3.05, 3.63) is 29.7 Å². The lowest BCUT2D eigenvalue weighted by molar-refractivity contribution is -0.141. The molecule has 4 nitrogen and oxygen atoms in total. The third kappa shape index (κ3) is 3.00. The second kappa shape index (κ2) is 4.97. The fourth-order valence-corrected chi connectivity index (χ4v) is 1.90. The molecule has 0 aliphatic heterocycles. The number of nitrogens with zero attached hydrogens (tertiary/aromatic N) is 3. The largest absolute Gasteiger partial charge is 0.435 e. The number of nitrogens with one attached hydrogen (secondary N) is 1. The van der Waals surface area contributed by atoms with Crippen LogP contribution in [0.15, 0.2) is 28.5 Å². The lowest BCUT2D eigenvalue weighted by atomic mass is 10.4. The third-order valence-corrected chi connectivity index (χ3v) is 2.95. The van der Waals surface area contributed by atoms with E-state index in [1.54, 1.807) is 6.20 Å². The van der Waals surface area contributed by atoms with E-state index in [1.165, 1.54) is 6.07 Å². The van der Waals surface area contributed by atoms with Crippen LogP contribution < -0.4 is 0 Å². The number of aromatic amines is 1. The van der Waals surface area contributed by atoms with Gasteiger partial charge in [0.1, 0.15) is 5.03 Å². The molecule has 0 radical (unpaired) electrons. The summed E-state index contributed by atoms with van der Waals surface area (Å²) < 4.78 is 36.8. The van der Waals surface area contributed by atoms with Crippen LogP contribution in [0.1, 0.15) is 18.3 Å². The number of alkyl halides is 3. The number of rotatable bonds is 3. The van der Waals surface area contributed by atoms with Crippen molar-refractivity contribution in [3.8, 4) is 0 Å². The van der Waals surface area contributed by atoms with Gasteiger partial charge in [-0.3, -0.25) is 0 Å². The molecule has 1 N–H and O–H groups in total. The molecule has 0 amide bonds. The third-order valence-electron chi connectivity index (χ3n) is 2.12. The molecule has 0 atom stereocenters. The molecule has 0 fully saturated rings. The van der Waals surface area contributed by atoms with Crippen LogP contribution in [0.2, 0.25) is 0 Å². The molecule has 0 unspecified atom stereocenters. The molecule has 96 valence electrons. The van der Waals surface area contributed by atoms with Crippen molar-refractivity contribution >= 4 is 11.8 Å². The summed E-state index contributed by atoms with van der Waals surface area (Å²) in [5.41, 5.74) is -0.0436. The molecule has 0 spiro atoms. The summed E-state index contributed by atoms with van der Waals surface area (Å²) in [7, 11) is 0. The summed E-state index contributed by atoms with van der Waals surface area (Å²) in [5, 5.41) is 7.59. The van der Waals surface area contributed by atoms with E-state index < -0.39 is 11.9 Å². The monoisotopic (exact) mass is 274 g/mol. The van der Waals surface area contributed by atoms with Gasteiger partial charge < -0.3 is 4.98 Å². The van der Waals surface area contributed by atoms with Gasteiger partial charge in [-0.25, -0.2) is 4.98 Å². The minimum atomic E-state index is -4.46. The second-order valence-electron chi connectivity index (χ2n) is 3.42. The Balaban J connectivity index is 2.11. The van der Waals surface area contributed by atoms with Crippen molar-refractivity contribution in [1.82, 2.24) is 20.2 Å². The Morgan fingerprint density at radius 2 is 2.06 bits per heavy atom. The van der Waals surface area contributed by atoms with E-state index in [-0.39, 0.29) is 0 Å². The van der Waals surface area contributed by atoms with Gasteiger partial charge in [0.15, 0.2) is 10.9 Å². The van der Waals surface area contributed by atoms with Crippen LogP contribution in [-0.4, -0.2) is 20.2 Å². The van der Waals surface area contributed by atoms with Crippen LogP contribution >= 0.6 is 11.8 Å². The van der Waals surface area contributed by atoms with E-state index in [9.17, 15) is 13.2 Å². The van der Waals surface area contributed by atoms with Gasteiger partial charge in [0.2, 0.25) is 0 Å². The zero-order valence-corrected chi connectivity index (χ0v) is 10.1. The summed E-state index contributed by atoms with van der Waals surface area (Å²) in [6, 6.07) is 2.17. The predicted molar refractivity (Wildman–Crippen MR) is 59.1 cm³/mol. The van der Waals surface area contributed by atoms with E-state index in [0.29, 0.717) is 10.2 Å². The van der Waals surface area contributed by atoms with Crippen molar-refractivity contribution in [2.75, 3.05) is 0 Å². The van der Waals surface area contributed by atoms with Crippen molar-refractivity contribution in [2.45, 2.75) is 29.7 Å². The number of aromatic nitrogens is 4. The van der Waals surface area contributed by atoms with Crippen LogP contribution in [0.5, 0.6) is 0 Å². The summed E-state index contributed by atoms with van der Waals surface area (Å²) in [6.45, 7) is 1.97. The molecule has 0 saturated heterocycles. The first-order valence-corrected chi connectivity index (χ1v) is 5.93. The number of aryl methyl sites for hydroxylation is 1. The smallest absolute Gasteiger partial charge is 0.337 e. The molecular weight excluding hydrogens is 265 g/mol. The molecule has 0 saturated carbocycles. The van der Waals surface area contributed by atoms with Gasteiger partial charge in [0, 0.05) is 11.9 Å². The molecule has 2 rings (SSSR count). The Bertz CT molecular complexity index is 521. The first-order chi connectivity index (χ1) is 8.49. The Labute approximate surface area is 105 Å². The van der Waals surface area contributed by atoms with E-state index in [0.717, 1.165) is 29.9 Å². The average Bonchev–Trinajstić information content (AvgIpc) is 2.76. The van der Waals surface area contributed by atoms with Gasteiger partial charge in [-0.1, -0.05) is 6.92 Å². The van der Waals surface area contributed by atoms with Gasteiger partial charge in [-0.05, 0) is 30.3 Å². The number of hydrogen-bond donors (Lipinski definition) is 1. The molecule has 2 aromatic rings. The Morgan fingerprint density at radius 3 is 2.56 bits per heavy atom. The molecule has 8 heteroatoms. The summed E-state index contributed by atoms with van der Waals surface area (Å²) in [6.07, 6.45) is -1.97. The Kier molecular flexibility index (Phi) is 3.55. The van der Waals surface area contributed by atoms with Crippen LogP contribution in [-0.2, 0) is 12.6 Å². The van der Waals surface area contributed by atoms with Crippen LogP contribution in [0.4, 0.5) is 13.2 Å². The van der Waals surface area contributed by atoms with Gasteiger partial charge in [0.05, 0.1) is 0 Å². The molecule has 2 heterocycles. The maximum Gasteiger partial charge on any atom is 0.435 e. The molecule has 18 heavy (non-hydrogen) atoms. The average molecular weight is 274 g/mol. The van der Waals surface area contributed by atoms with Gasteiger partial charge in [-0.15, -0.1) is 10.2 Å². The standard InChI is InChI=1S/C10H9F3N4S/c1-2-6-5-14-9(15-6)18-8-4-3-7(16-17-8)10(11,12)13/h3-5H,2H2,1H3,(H,14,15). The highest BCUT2D eigenvalue weighted by Crippen LogP contribution is 2.29. The highest BCUT2D eigenvalue weighted by Gasteiger charge is 2.32. The van der Waals surface area contributed by atoms with Gasteiger partial charge in [-0.2, -0.15) is 13.2 Å². The lowest BCUT2D eigenvalue weighted by Gasteiger charge is -2.04. The SMILES string of the molecule is CCc1cnc(Sc2ccc(C(F)(F)F)nn2)[nH]1. The molecule has 0 aliphatic rings. The van der Waals surface area contributed by atoms with Gasteiger partial charge >= 0.3 is 6.18 Å². The van der Waals surface area contributed by atoms with E-state index in [4.69, 9.17) is 0 Å². The molecule has 0 aromatic carbocycles. The van der Waals surface area contributed by atoms with Crippen molar-refractivity contribution < 1.29 is 13.2 Å². The van der Waals surface area contributed by atoms with Crippen molar-refractivity contribution in [2.24, 2.45) is 0 Å². The molecule has 0 aliphatic carbocycles. The molecular formula is C10H9F3N4S. The number of H-pyrrole nitrogens is 1. The summed E-state index contributed by atoms with van der Waals surface area (Å²) >= 11 is 1.14. The molecule has 2 aromatic heterocycles.